The van der Waals surface area contributed by atoms with Crippen LogP contribution in [0.2, 0.25) is 0 Å². The molecule has 0 amide bonds. The Labute approximate surface area is 138 Å². The van der Waals surface area contributed by atoms with E-state index in [0.29, 0.717) is 16.3 Å². The van der Waals surface area contributed by atoms with Crippen molar-refractivity contribution < 1.29 is 17.6 Å². The average molecular weight is 332 g/mol. The first-order chi connectivity index (χ1) is 11.6. The van der Waals surface area contributed by atoms with Crippen LogP contribution in [-0.2, 0) is 0 Å². The second kappa shape index (κ2) is 5.83. The second-order valence-electron chi connectivity index (χ2n) is 6.81. The third-order valence-electron chi connectivity index (χ3n) is 5.54. The van der Waals surface area contributed by atoms with Gasteiger partial charge in [-0.25, -0.2) is 8.78 Å². The topological polar surface area (TPSA) is 13.1 Å². The van der Waals surface area contributed by atoms with Crippen LogP contribution in [0.5, 0.6) is 0 Å². The van der Waals surface area contributed by atoms with Gasteiger partial charge in [0.2, 0.25) is 5.82 Å². The Morgan fingerprint density at radius 3 is 2.17 bits per heavy atom. The lowest BCUT2D eigenvalue weighted by atomic mass is 9.77. The van der Waals surface area contributed by atoms with Gasteiger partial charge in [-0.2, -0.15) is 4.39 Å². The van der Waals surface area contributed by atoms with E-state index in [-0.39, 0.29) is 17.1 Å². The summed E-state index contributed by atoms with van der Waals surface area (Å²) in [6.45, 7) is 2.19. The number of hydrogen-bond donors (Lipinski definition) is 0. The van der Waals surface area contributed by atoms with E-state index in [9.17, 15) is 13.2 Å². The van der Waals surface area contributed by atoms with Crippen molar-refractivity contribution in [2.24, 2.45) is 5.92 Å². The highest BCUT2D eigenvalue weighted by Gasteiger charge is 2.26. The van der Waals surface area contributed by atoms with Crippen molar-refractivity contribution in [3.63, 3.8) is 0 Å². The summed E-state index contributed by atoms with van der Waals surface area (Å²) in [6.07, 6.45) is 5.31. The zero-order valence-corrected chi connectivity index (χ0v) is 13.5. The minimum absolute atomic E-state index is 0.0321. The number of furan rings is 1. The molecule has 4 rings (SSSR count). The number of halogens is 3. The normalized spacial score (nSPS) is 21.7. The first-order valence-corrected chi connectivity index (χ1v) is 8.58. The fraction of sp³-hybridized carbons (Fsp3) is 0.400. The van der Waals surface area contributed by atoms with Crippen molar-refractivity contribution in [1.82, 2.24) is 0 Å². The van der Waals surface area contributed by atoms with Gasteiger partial charge in [-0.15, -0.1) is 0 Å². The lowest BCUT2D eigenvalue weighted by Gasteiger charge is -2.28. The molecule has 0 spiro atoms. The van der Waals surface area contributed by atoms with E-state index in [2.05, 4.69) is 6.92 Å². The van der Waals surface area contributed by atoms with E-state index < -0.39 is 17.5 Å². The molecule has 1 aliphatic rings. The van der Waals surface area contributed by atoms with Crippen LogP contribution in [0.15, 0.2) is 28.7 Å². The third kappa shape index (κ3) is 2.31. The smallest absolute Gasteiger partial charge is 0.201 e. The van der Waals surface area contributed by atoms with Crippen LogP contribution in [0.1, 0.15) is 50.5 Å². The van der Waals surface area contributed by atoms with E-state index in [0.717, 1.165) is 37.7 Å². The Kier molecular flexibility index (Phi) is 3.78. The first-order valence-electron chi connectivity index (χ1n) is 8.58. The second-order valence-corrected chi connectivity index (χ2v) is 6.81. The van der Waals surface area contributed by atoms with Crippen LogP contribution < -0.4 is 0 Å². The van der Waals surface area contributed by atoms with Crippen LogP contribution in [0.4, 0.5) is 13.2 Å². The lowest BCUT2D eigenvalue weighted by Crippen LogP contribution is -2.13. The Morgan fingerprint density at radius 2 is 1.50 bits per heavy atom. The molecular formula is C20H19F3O. The van der Waals surface area contributed by atoms with Gasteiger partial charge in [-0.05, 0) is 61.3 Å². The Bertz CT molecular complexity index is 904. The van der Waals surface area contributed by atoms with Crippen molar-refractivity contribution in [3.05, 3.63) is 47.3 Å². The van der Waals surface area contributed by atoms with Gasteiger partial charge in [-0.3, -0.25) is 0 Å². The molecule has 0 atom stereocenters. The van der Waals surface area contributed by atoms with Crippen molar-refractivity contribution in [2.75, 3.05) is 0 Å². The van der Waals surface area contributed by atoms with Crippen LogP contribution in [0.25, 0.3) is 21.9 Å². The van der Waals surface area contributed by atoms with Crippen molar-refractivity contribution in [1.29, 1.82) is 0 Å². The summed E-state index contributed by atoms with van der Waals surface area (Å²) in [5.41, 5.74) is 0.456. The number of benzene rings is 2. The highest BCUT2D eigenvalue weighted by atomic mass is 19.2. The molecule has 1 aromatic heterocycles. The summed E-state index contributed by atoms with van der Waals surface area (Å²) < 4.78 is 47.7. The fourth-order valence-corrected chi connectivity index (χ4v) is 4.03. The Balaban J connectivity index is 1.81. The molecule has 0 saturated heterocycles. The van der Waals surface area contributed by atoms with Gasteiger partial charge in [0.1, 0.15) is 0 Å². The monoisotopic (exact) mass is 332 g/mol. The predicted molar refractivity (Wildman–Crippen MR) is 88.6 cm³/mol. The van der Waals surface area contributed by atoms with Gasteiger partial charge in [0, 0.05) is 10.8 Å². The predicted octanol–water partition coefficient (Wildman–Crippen LogP) is 6.69. The van der Waals surface area contributed by atoms with Crippen LogP contribution >= 0.6 is 0 Å². The number of fused-ring (bicyclic) bond motifs is 3. The van der Waals surface area contributed by atoms with Crippen LogP contribution in [0.3, 0.4) is 0 Å². The van der Waals surface area contributed by atoms with Crippen LogP contribution in [-0.4, -0.2) is 0 Å². The highest BCUT2D eigenvalue weighted by Crippen LogP contribution is 2.41. The average Bonchev–Trinajstić information content (AvgIpc) is 2.99. The quantitative estimate of drug-likeness (QED) is 0.510. The van der Waals surface area contributed by atoms with Crippen molar-refractivity contribution in [2.45, 2.75) is 44.9 Å². The van der Waals surface area contributed by atoms with E-state index in [1.807, 2.05) is 0 Å². The van der Waals surface area contributed by atoms with Gasteiger partial charge in [-0.1, -0.05) is 19.4 Å². The molecule has 0 radical (unpaired) electrons. The molecule has 0 unspecified atom stereocenters. The molecule has 0 aliphatic heterocycles. The molecule has 3 aromatic rings. The molecule has 24 heavy (non-hydrogen) atoms. The molecule has 1 heterocycles. The SMILES string of the molecule is CCC1CCC(c2ccc3c(oc4c(F)c(F)ccc43)c2F)CC1. The third-order valence-corrected chi connectivity index (χ3v) is 5.54. The van der Waals surface area contributed by atoms with E-state index >= 15 is 0 Å². The summed E-state index contributed by atoms with van der Waals surface area (Å²) in [5.74, 6) is -1.57. The largest absolute Gasteiger partial charge is 0.450 e. The highest BCUT2D eigenvalue weighted by molar-refractivity contribution is 6.05. The molecule has 2 aromatic carbocycles. The standard InChI is InChI=1S/C20H19F3O/c1-2-11-3-5-12(6-4-11)13-7-8-14-15-9-10-16(21)18(23)20(15)24-19(14)17(13)22/h7-12H,2-6H2,1H3. The minimum Gasteiger partial charge on any atom is -0.450 e. The lowest BCUT2D eigenvalue weighted by molar-refractivity contribution is 0.314. The molecule has 0 bridgehead atoms. The van der Waals surface area contributed by atoms with Gasteiger partial charge in [0.15, 0.2) is 22.8 Å². The maximum absolute atomic E-state index is 15.0. The minimum atomic E-state index is -1.06. The summed E-state index contributed by atoms with van der Waals surface area (Å²) >= 11 is 0. The maximum Gasteiger partial charge on any atom is 0.201 e. The van der Waals surface area contributed by atoms with E-state index in [1.165, 1.54) is 12.5 Å². The van der Waals surface area contributed by atoms with Gasteiger partial charge >= 0.3 is 0 Å². The molecule has 4 heteroatoms. The number of rotatable bonds is 2. The van der Waals surface area contributed by atoms with Gasteiger partial charge in [0.05, 0.1) is 0 Å². The summed E-state index contributed by atoms with van der Waals surface area (Å²) in [6, 6.07) is 6.03. The van der Waals surface area contributed by atoms with Gasteiger partial charge in [0.25, 0.3) is 0 Å². The van der Waals surface area contributed by atoms with Crippen molar-refractivity contribution in [3.8, 4) is 0 Å². The Morgan fingerprint density at radius 1 is 0.875 bits per heavy atom. The molecule has 1 aliphatic carbocycles. The maximum atomic E-state index is 15.0. The fourth-order valence-electron chi connectivity index (χ4n) is 4.03. The number of hydrogen-bond acceptors (Lipinski definition) is 1. The molecule has 1 saturated carbocycles. The zero-order chi connectivity index (χ0) is 16.8. The zero-order valence-electron chi connectivity index (χ0n) is 13.5. The molecule has 0 N–H and O–H groups in total. The molecular weight excluding hydrogens is 313 g/mol. The van der Waals surface area contributed by atoms with Crippen molar-refractivity contribution >= 4 is 21.9 Å². The summed E-state index contributed by atoms with van der Waals surface area (Å²) in [7, 11) is 0. The summed E-state index contributed by atoms with van der Waals surface area (Å²) in [5, 5.41) is 0.899. The molecule has 1 nitrogen and oxygen atoms in total. The molecule has 126 valence electrons. The van der Waals surface area contributed by atoms with Crippen LogP contribution in [0, 0.1) is 23.4 Å². The van der Waals surface area contributed by atoms with E-state index in [1.54, 1.807) is 12.1 Å². The molecule has 1 fully saturated rings. The summed E-state index contributed by atoms with van der Waals surface area (Å²) in [4.78, 5) is 0. The Hall–Kier alpha value is -1.97. The van der Waals surface area contributed by atoms with E-state index in [4.69, 9.17) is 4.42 Å². The van der Waals surface area contributed by atoms with Gasteiger partial charge < -0.3 is 4.42 Å². The first kappa shape index (κ1) is 15.6.